The molecular weight excluding hydrogens is 203 g/mol. The maximum atomic E-state index is 9.67. The van der Waals surface area contributed by atoms with Crippen LogP contribution >= 0.6 is 0 Å². The molecule has 1 rings (SSSR count). The third-order valence-electron chi connectivity index (χ3n) is 2.12. The zero-order valence-corrected chi connectivity index (χ0v) is 10.3. The molecule has 0 amide bonds. The Balaban J connectivity index is 0. The molecule has 0 atom stereocenters. The molecule has 0 unspecified atom stereocenters. The van der Waals surface area contributed by atoms with Gasteiger partial charge in [-0.2, -0.15) is 13.2 Å². The van der Waals surface area contributed by atoms with Gasteiger partial charge in [0.05, 0.1) is 0 Å². The molecule has 1 aliphatic heterocycles. The molecule has 0 aromatic rings. The summed E-state index contributed by atoms with van der Waals surface area (Å²) in [5.41, 5.74) is 0. The minimum Gasteiger partial charge on any atom is -0.301 e. The van der Waals surface area contributed by atoms with E-state index in [1.165, 1.54) is 32.4 Å². The Morgan fingerprint density at radius 3 is 1.40 bits per heavy atom. The fraction of sp³-hybridized carbons (Fsp3) is 1.00. The van der Waals surface area contributed by atoms with Crippen molar-refractivity contribution in [3.05, 3.63) is 0 Å². The molecule has 4 heteroatoms. The summed E-state index contributed by atoms with van der Waals surface area (Å²) in [7, 11) is 0. The number of alkyl halides is 3. The molecule has 1 saturated heterocycles. The molecule has 1 fully saturated rings. The fourth-order valence-electron chi connectivity index (χ4n) is 1.43. The van der Waals surface area contributed by atoms with E-state index in [0.717, 1.165) is 6.04 Å². The van der Waals surface area contributed by atoms with Crippen LogP contribution < -0.4 is 0 Å². The highest BCUT2D eigenvalue weighted by molar-refractivity contribution is 4.67. The van der Waals surface area contributed by atoms with E-state index in [9.17, 15) is 13.2 Å². The molecule has 0 N–H and O–H groups in total. The molecule has 0 radical (unpaired) electrons. The van der Waals surface area contributed by atoms with Crippen molar-refractivity contribution >= 4 is 0 Å². The summed E-state index contributed by atoms with van der Waals surface area (Å²) in [5.74, 6) is 0. The number of nitrogens with zero attached hydrogens (tertiary/aromatic N) is 1. The van der Waals surface area contributed by atoms with Gasteiger partial charge in [0.15, 0.2) is 0 Å². The zero-order chi connectivity index (χ0) is 12.3. The Labute approximate surface area is 91.7 Å². The van der Waals surface area contributed by atoms with Gasteiger partial charge in [0.2, 0.25) is 0 Å². The first kappa shape index (κ1) is 17.2. The van der Waals surface area contributed by atoms with Gasteiger partial charge in [0, 0.05) is 6.04 Å². The highest BCUT2D eigenvalue weighted by atomic mass is 19.4. The second-order valence-corrected chi connectivity index (χ2v) is 3.44. The summed E-state index contributed by atoms with van der Waals surface area (Å²) in [5, 5.41) is 0. The Kier molecular flexibility index (Phi) is 13.5. The van der Waals surface area contributed by atoms with Gasteiger partial charge in [0.1, 0.15) is 0 Å². The van der Waals surface area contributed by atoms with Crippen molar-refractivity contribution in [3.8, 4) is 0 Å². The van der Waals surface area contributed by atoms with E-state index in [1.54, 1.807) is 0 Å². The van der Waals surface area contributed by atoms with Crippen molar-refractivity contribution in [1.82, 2.24) is 4.90 Å². The first-order chi connectivity index (χ1) is 7.04. The summed E-state index contributed by atoms with van der Waals surface area (Å²) >= 11 is 0. The van der Waals surface area contributed by atoms with Crippen LogP contribution in [0.5, 0.6) is 0 Å². The van der Waals surface area contributed by atoms with Gasteiger partial charge in [-0.25, -0.2) is 0 Å². The normalized spacial score (nSPS) is 16.6. The van der Waals surface area contributed by atoms with Gasteiger partial charge in [0.25, 0.3) is 0 Å². The van der Waals surface area contributed by atoms with Crippen LogP contribution in [-0.2, 0) is 0 Å². The van der Waals surface area contributed by atoms with Gasteiger partial charge >= 0.3 is 6.68 Å². The summed E-state index contributed by atoms with van der Waals surface area (Å²) in [6.07, 6.45) is 4.28. The van der Waals surface area contributed by atoms with Crippen LogP contribution in [0.2, 0.25) is 0 Å². The largest absolute Gasteiger partial charge is 0.379 e. The summed E-state index contributed by atoms with van der Waals surface area (Å²) < 4.78 is 29.0. The van der Waals surface area contributed by atoms with Crippen LogP contribution in [0.3, 0.4) is 0 Å². The number of piperidine rings is 1. The topological polar surface area (TPSA) is 3.24 Å². The molecule has 0 spiro atoms. The third-order valence-corrected chi connectivity index (χ3v) is 2.12. The summed E-state index contributed by atoms with van der Waals surface area (Å²) in [6, 6.07) is 0.769. The number of hydrogen-bond donors (Lipinski definition) is 0. The number of rotatable bonds is 1. The second-order valence-electron chi connectivity index (χ2n) is 3.44. The first-order valence-corrected chi connectivity index (χ1v) is 5.70. The van der Waals surface area contributed by atoms with Crippen molar-refractivity contribution in [2.45, 2.75) is 59.7 Å². The van der Waals surface area contributed by atoms with E-state index >= 15 is 0 Å². The monoisotopic (exact) mass is 227 g/mol. The van der Waals surface area contributed by atoms with Crippen molar-refractivity contribution in [3.63, 3.8) is 0 Å². The van der Waals surface area contributed by atoms with Crippen LogP contribution in [0, 0.1) is 0 Å². The quantitative estimate of drug-likeness (QED) is 0.652. The molecule has 0 saturated carbocycles. The van der Waals surface area contributed by atoms with Gasteiger partial charge in [-0.05, 0) is 39.8 Å². The zero-order valence-electron chi connectivity index (χ0n) is 10.3. The number of hydrogen-bond acceptors (Lipinski definition) is 1. The predicted molar refractivity (Wildman–Crippen MR) is 59.0 cm³/mol. The lowest BCUT2D eigenvalue weighted by molar-refractivity contribution is 0.00819. The van der Waals surface area contributed by atoms with E-state index in [1.807, 2.05) is 13.8 Å². The Bertz CT molecular complexity index is 110. The number of halogens is 3. The van der Waals surface area contributed by atoms with Crippen LogP contribution in [0.4, 0.5) is 13.2 Å². The minimum atomic E-state index is -3.67. The molecule has 0 aromatic carbocycles. The van der Waals surface area contributed by atoms with E-state index < -0.39 is 6.68 Å². The van der Waals surface area contributed by atoms with Crippen LogP contribution in [-0.4, -0.2) is 30.7 Å². The highest BCUT2D eigenvalue weighted by Gasteiger charge is 2.11. The standard InChI is InChI=1S/C8H17N.C2H6.CHF3/c1-8(2)9-6-4-3-5-7-9;1-2;2-1(3)4/h8H,3-7H2,1-2H3;1-2H3;1H. The summed E-state index contributed by atoms with van der Waals surface area (Å²) in [4.78, 5) is 2.56. The van der Waals surface area contributed by atoms with Crippen molar-refractivity contribution in [2.24, 2.45) is 0 Å². The maximum absolute atomic E-state index is 9.67. The lowest BCUT2D eigenvalue weighted by Gasteiger charge is -2.29. The number of likely N-dealkylation sites (tertiary alicyclic amines) is 1. The van der Waals surface area contributed by atoms with E-state index in [2.05, 4.69) is 18.7 Å². The first-order valence-electron chi connectivity index (χ1n) is 5.70. The van der Waals surface area contributed by atoms with Gasteiger partial charge < -0.3 is 4.90 Å². The van der Waals surface area contributed by atoms with E-state index in [0.29, 0.717) is 0 Å². The summed E-state index contributed by atoms with van der Waals surface area (Å²) in [6.45, 7) is 7.56. The molecule has 15 heavy (non-hydrogen) atoms. The Morgan fingerprint density at radius 2 is 1.20 bits per heavy atom. The smallest absolute Gasteiger partial charge is 0.301 e. The Hall–Kier alpha value is -0.250. The van der Waals surface area contributed by atoms with Crippen molar-refractivity contribution in [2.75, 3.05) is 13.1 Å². The van der Waals surface area contributed by atoms with Gasteiger partial charge in [-0.1, -0.05) is 20.3 Å². The van der Waals surface area contributed by atoms with Crippen LogP contribution in [0.15, 0.2) is 0 Å². The third kappa shape index (κ3) is 13.8. The molecule has 1 nitrogen and oxygen atoms in total. The average molecular weight is 227 g/mol. The minimum absolute atomic E-state index is 0.769. The highest BCUT2D eigenvalue weighted by Crippen LogP contribution is 2.10. The molecule has 1 aliphatic rings. The SMILES string of the molecule is CC.CC(C)N1CCCCC1.FC(F)F. The van der Waals surface area contributed by atoms with Crippen LogP contribution in [0.1, 0.15) is 47.0 Å². The molecule has 94 valence electrons. The Morgan fingerprint density at radius 1 is 0.867 bits per heavy atom. The van der Waals surface area contributed by atoms with E-state index in [-0.39, 0.29) is 0 Å². The average Bonchev–Trinajstić information content (AvgIpc) is 2.21. The molecule has 0 aliphatic carbocycles. The lowest BCUT2D eigenvalue weighted by atomic mass is 10.1. The fourth-order valence-corrected chi connectivity index (χ4v) is 1.43. The van der Waals surface area contributed by atoms with Crippen LogP contribution in [0.25, 0.3) is 0 Å². The van der Waals surface area contributed by atoms with Gasteiger partial charge in [-0.3, -0.25) is 0 Å². The lowest BCUT2D eigenvalue weighted by Crippen LogP contribution is -2.35. The van der Waals surface area contributed by atoms with Crippen molar-refractivity contribution in [1.29, 1.82) is 0 Å². The molecule has 1 heterocycles. The van der Waals surface area contributed by atoms with E-state index in [4.69, 9.17) is 0 Å². The predicted octanol–water partition coefficient (Wildman–Crippen LogP) is 4.09. The molecule has 0 aromatic heterocycles. The molecule has 0 bridgehead atoms. The second kappa shape index (κ2) is 11.8. The molecular formula is C11H24F3N. The van der Waals surface area contributed by atoms with Crippen molar-refractivity contribution < 1.29 is 13.2 Å². The van der Waals surface area contributed by atoms with Gasteiger partial charge in [-0.15, -0.1) is 0 Å². The maximum Gasteiger partial charge on any atom is 0.379 e.